The van der Waals surface area contributed by atoms with Gasteiger partial charge in [0.15, 0.2) is 0 Å². The minimum Gasteiger partial charge on any atom is -0.322 e. The first-order valence-electron chi connectivity index (χ1n) is 7.66. The summed E-state index contributed by atoms with van der Waals surface area (Å²) in [5.74, 6) is -0.747. The summed E-state index contributed by atoms with van der Waals surface area (Å²) in [6, 6.07) is 5.33. The normalized spacial score (nSPS) is 21.0. The standard InChI is InChI=1S/C17H19N2O3/c1-2-3-4-11-5-6-13-12(9-11)10-19(17(13)22)14-7-8-15(20)18-16(14)21/h5-6,9,14H,1-4,7-8,10H2,(H,18,20,21). The van der Waals surface area contributed by atoms with Gasteiger partial charge in [0.25, 0.3) is 5.91 Å². The highest BCUT2D eigenvalue weighted by atomic mass is 16.2. The van der Waals surface area contributed by atoms with Gasteiger partial charge in [-0.05, 0) is 36.5 Å². The minimum atomic E-state index is -0.541. The number of carbonyl (C=O) groups excluding carboxylic acids is 3. The Hall–Kier alpha value is -2.17. The summed E-state index contributed by atoms with van der Waals surface area (Å²) >= 11 is 0. The van der Waals surface area contributed by atoms with Crippen LogP contribution in [-0.4, -0.2) is 28.7 Å². The third-order valence-electron chi connectivity index (χ3n) is 4.30. The van der Waals surface area contributed by atoms with Crippen LogP contribution in [0.4, 0.5) is 0 Å². The number of aryl methyl sites for hydroxylation is 1. The van der Waals surface area contributed by atoms with E-state index < -0.39 is 6.04 Å². The van der Waals surface area contributed by atoms with Gasteiger partial charge < -0.3 is 4.90 Å². The Kier molecular flexibility index (Phi) is 3.96. The number of nitrogens with one attached hydrogen (secondary N) is 1. The number of fused-ring (bicyclic) bond motifs is 1. The van der Waals surface area contributed by atoms with Crippen molar-refractivity contribution in [3.05, 3.63) is 41.8 Å². The first kappa shape index (κ1) is 14.8. The lowest BCUT2D eigenvalue weighted by atomic mass is 10.0. The van der Waals surface area contributed by atoms with Gasteiger partial charge in [-0.15, -0.1) is 0 Å². The molecule has 3 rings (SSSR count). The molecule has 0 aliphatic carbocycles. The van der Waals surface area contributed by atoms with E-state index >= 15 is 0 Å². The molecule has 2 aliphatic heterocycles. The van der Waals surface area contributed by atoms with Crippen LogP contribution >= 0.6 is 0 Å². The number of amides is 3. The SMILES string of the molecule is [CH2]CCCc1ccc2c(c1)CN(C1CCC(=O)NC1=O)C2=O. The van der Waals surface area contributed by atoms with Gasteiger partial charge in [-0.3, -0.25) is 19.7 Å². The van der Waals surface area contributed by atoms with E-state index in [4.69, 9.17) is 0 Å². The summed E-state index contributed by atoms with van der Waals surface area (Å²) in [6.07, 6.45) is 3.54. The summed E-state index contributed by atoms with van der Waals surface area (Å²) in [5.41, 5.74) is 2.83. The monoisotopic (exact) mass is 299 g/mol. The van der Waals surface area contributed by atoms with Crippen LogP contribution in [-0.2, 0) is 22.6 Å². The van der Waals surface area contributed by atoms with Gasteiger partial charge in [-0.25, -0.2) is 0 Å². The first-order valence-corrected chi connectivity index (χ1v) is 7.66. The fourth-order valence-electron chi connectivity index (χ4n) is 3.11. The average Bonchev–Trinajstić information content (AvgIpc) is 2.82. The van der Waals surface area contributed by atoms with Crippen molar-refractivity contribution in [2.24, 2.45) is 0 Å². The Morgan fingerprint density at radius 2 is 2.09 bits per heavy atom. The van der Waals surface area contributed by atoms with Crippen LogP contribution < -0.4 is 5.32 Å². The highest BCUT2D eigenvalue weighted by molar-refractivity contribution is 6.05. The van der Waals surface area contributed by atoms with E-state index in [1.54, 1.807) is 4.90 Å². The molecule has 22 heavy (non-hydrogen) atoms. The lowest BCUT2D eigenvalue weighted by Crippen LogP contribution is -2.52. The second-order valence-electron chi connectivity index (χ2n) is 5.85. The molecule has 1 aromatic carbocycles. The van der Waals surface area contributed by atoms with Crippen LogP contribution in [0.1, 0.15) is 47.2 Å². The maximum Gasteiger partial charge on any atom is 0.255 e. The Morgan fingerprint density at radius 1 is 1.27 bits per heavy atom. The molecule has 0 spiro atoms. The van der Waals surface area contributed by atoms with E-state index in [2.05, 4.69) is 18.3 Å². The minimum absolute atomic E-state index is 0.117. The molecule has 1 saturated heterocycles. The Labute approximate surface area is 129 Å². The van der Waals surface area contributed by atoms with E-state index in [0.29, 0.717) is 18.5 Å². The van der Waals surface area contributed by atoms with Crippen LogP contribution in [0.25, 0.3) is 0 Å². The summed E-state index contributed by atoms with van der Waals surface area (Å²) in [4.78, 5) is 37.3. The topological polar surface area (TPSA) is 66.5 Å². The molecule has 1 atom stereocenters. The maximum atomic E-state index is 12.5. The number of benzene rings is 1. The zero-order valence-corrected chi connectivity index (χ0v) is 12.4. The molecular formula is C17H19N2O3. The Balaban J connectivity index is 1.78. The molecule has 1 radical (unpaired) electrons. The zero-order chi connectivity index (χ0) is 15.7. The molecule has 0 bridgehead atoms. The quantitative estimate of drug-likeness (QED) is 0.859. The predicted molar refractivity (Wildman–Crippen MR) is 80.8 cm³/mol. The van der Waals surface area contributed by atoms with Crippen molar-refractivity contribution in [1.29, 1.82) is 0 Å². The summed E-state index contributed by atoms with van der Waals surface area (Å²) in [5, 5.41) is 2.31. The van der Waals surface area contributed by atoms with Crippen molar-refractivity contribution in [2.75, 3.05) is 0 Å². The number of carbonyl (C=O) groups is 3. The van der Waals surface area contributed by atoms with Crippen molar-refractivity contribution in [1.82, 2.24) is 10.2 Å². The molecule has 5 nitrogen and oxygen atoms in total. The first-order chi connectivity index (χ1) is 10.6. The predicted octanol–water partition coefficient (Wildman–Crippen LogP) is 1.60. The van der Waals surface area contributed by atoms with E-state index in [0.717, 1.165) is 24.8 Å². The van der Waals surface area contributed by atoms with E-state index in [1.165, 1.54) is 5.56 Å². The maximum absolute atomic E-state index is 12.5. The van der Waals surface area contributed by atoms with Crippen molar-refractivity contribution < 1.29 is 14.4 Å². The Bertz CT molecular complexity index is 639. The summed E-state index contributed by atoms with van der Waals surface area (Å²) in [7, 11) is 0. The molecule has 115 valence electrons. The van der Waals surface area contributed by atoms with Crippen molar-refractivity contribution in [3.8, 4) is 0 Å². The second-order valence-corrected chi connectivity index (χ2v) is 5.85. The molecule has 1 unspecified atom stereocenters. The van der Waals surface area contributed by atoms with Crippen LogP contribution in [0.5, 0.6) is 0 Å². The van der Waals surface area contributed by atoms with Crippen LogP contribution in [0.2, 0.25) is 0 Å². The van der Waals surface area contributed by atoms with E-state index in [-0.39, 0.29) is 24.1 Å². The molecule has 1 fully saturated rings. The van der Waals surface area contributed by atoms with Gasteiger partial charge in [-0.1, -0.05) is 25.5 Å². The number of rotatable bonds is 4. The van der Waals surface area contributed by atoms with Crippen molar-refractivity contribution >= 4 is 17.7 Å². The highest BCUT2D eigenvalue weighted by Crippen LogP contribution is 2.28. The molecule has 0 aromatic heterocycles. The van der Waals surface area contributed by atoms with Crippen LogP contribution in [0, 0.1) is 6.92 Å². The number of unbranched alkanes of at least 4 members (excludes halogenated alkanes) is 1. The smallest absolute Gasteiger partial charge is 0.255 e. The Morgan fingerprint density at radius 3 is 2.82 bits per heavy atom. The summed E-state index contributed by atoms with van der Waals surface area (Å²) < 4.78 is 0. The molecule has 5 heteroatoms. The lowest BCUT2D eigenvalue weighted by Gasteiger charge is -2.29. The molecule has 2 heterocycles. The van der Waals surface area contributed by atoms with Crippen molar-refractivity contribution in [3.63, 3.8) is 0 Å². The molecule has 1 aromatic rings. The van der Waals surface area contributed by atoms with Crippen LogP contribution in [0.15, 0.2) is 18.2 Å². The van der Waals surface area contributed by atoms with Gasteiger partial charge >= 0.3 is 0 Å². The fraction of sp³-hybridized carbons (Fsp3) is 0.412. The fourth-order valence-corrected chi connectivity index (χ4v) is 3.11. The third kappa shape index (κ3) is 2.63. The molecule has 2 aliphatic rings. The number of nitrogens with zero attached hydrogens (tertiary/aromatic N) is 1. The van der Waals surface area contributed by atoms with Gasteiger partial charge in [0.2, 0.25) is 11.8 Å². The molecular weight excluding hydrogens is 280 g/mol. The number of imide groups is 1. The molecule has 3 amide bonds. The van der Waals surface area contributed by atoms with Crippen molar-refractivity contribution in [2.45, 2.75) is 44.7 Å². The van der Waals surface area contributed by atoms with E-state index in [1.807, 2.05) is 12.1 Å². The third-order valence-corrected chi connectivity index (χ3v) is 4.30. The number of hydrogen-bond acceptors (Lipinski definition) is 3. The second kappa shape index (κ2) is 5.91. The largest absolute Gasteiger partial charge is 0.322 e. The van der Waals surface area contributed by atoms with Gasteiger partial charge in [-0.2, -0.15) is 0 Å². The molecule has 1 N–H and O–H groups in total. The number of hydrogen-bond donors (Lipinski definition) is 1. The number of piperidine rings is 1. The highest BCUT2D eigenvalue weighted by Gasteiger charge is 2.38. The van der Waals surface area contributed by atoms with Crippen LogP contribution in [0.3, 0.4) is 0 Å². The van der Waals surface area contributed by atoms with Gasteiger partial charge in [0.1, 0.15) is 6.04 Å². The van der Waals surface area contributed by atoms with E-state index in [9.17, 15) is 14.4 Å². The van der Waals surface area contributed by atoms with Gasteiger partial charge in [0, 0.05) is 18.5 Å². The average molecular weight is 299 g/mol. The van der Waals surface area contributed by atoms with Gasteiger partial charge in [0.05, 0.1) is 0 Å². The lowest BCUT2D eigenvalue weighted by molar-refractivity contribution is -0.136. The zero-order valence-electron chi connectivity index (χ0n) is 12.4. The summed E-state index contributed by atoms with van der Waals surface area (Å²) in [6.45, 7) is 4.28. The molecule has 0 saturated carbocycles.